The number of aromatic nitrogens is 1. The van der Waals surface area contributed by atoms with Crippen LogP contribution in [0.2, 0.25) is 0 Å². The van der Waals surface area contributed by atoms with Crippen molar-refractivity contribution in [3.8, 4) is 5.75 Å². The summed E-state index contributed by atoms with van der Waals surface area (Å²) in [5.41, 5.74) is 0.577. The molecule has 0 unspecified atom stereocenters. The van der Waals surface area contributed by atoms with E-state index in [4.69, 9.17) is 4.74 Å². The molecule has 19 heavy (non-hydrogen) atoms. The van der Waals surface area contributed by atoms with E-state index in [9.17, 15) is 9.59 Å². The first-order valence-electron chi connectivity index (χ1n) is 5.62. The van der Waals surface area contributed by atoms with Gasteiger partial charge in [0.2, 0.25) is 5.91 Å². The summed E-state index contributed by atoms with van der Waals surface area (Å²) in [5.74, 6) is -0.0719. The molecule has 2 aromatic rings. The van der Waals surface area contributed by atoms with Gasteiger partial charge in [0.05, 0.1) is 0 Å². The SMILES string of the molecule is O=C(CCBr)NC(=O)Oc1cccc2cccnc12. The largest absolute Gasteiger partial charge is 0.419 e. The summed E-state index contributed by atoms with van der Waals surface area (Å²) >= 11 is 3.12. The van der Waals surface area contributed by atoms with Gasteiger partial charge in [0, 0.05) is 23.3 Å². The number of para-hydroxylation sites is 1. The maximum atomic E-state index is 11.5. The fraction of sp³-hybridized carbons (Fsp3) is 0.154. The Hall–Kier alpha value is -1.95. The number of carbonyl (C=O) groups excluding carboxylic acids is 2. The Bertz CT molecular complexity index is 610. The van der Waals surface area contributed by atoms with E-state index in [0.717, 1.165) is 5.39 Å². The molecule has 0 atom stereocenters. The second kappa shape index (κ2) is 6.29. The van der Waals surface area contributed by atoms with E-state index in [1.165, 1.54) is 0 Å². The number of halogens is 1. The molecule has 0 aliphatic carbocycles. The number of alkyl halides is 1. The Morgan fingerprint density at radius 3 is 2.84 bits per heavy atom. The van der Waals surface area contributed by atoms with Gasteiger partial charge >= 0.3 is 6.09 Å². The molecule has 0 saturated heterocycles. The quantitative estimate of drug-likeness (QED) is 0.882. The first-order chi connectivity index (χ1) is 9.20. The van der Waals surface area contributed by atoms with Crippen molar-refractivity contribution < 1.29 is 14.3 Å². The number of imide groups is 1. The van der Waals surface area contributed by atoms with Crippen LogP contribution in [-0.4, -0.2) is 22.3 Å². The lowest BCUT2D eigenvalue weighted by Crippen LogP contribution is -2.33. The van der Waals surface area contributed by atoms with E-state index in [2.05, 4.69) is 26.2 Å². The fourth-order valence-electron chi connectivity index (χ4n) is 1.55. The van der Waals surface area contributed by atoms with E-state index in [1.54, 1.807) is 24.4 Å². The van der Waals surface area contributed by atoms with Crippen molar-refractivity contribution in [2.24, 2.45) is 0 Å². The average molecular weight is 323 g/mol. The van der Waals surface area contributed by atoms with Gasteiger partial charge in [-0.05, 0) is 12.1 Å². The van der Waals surface area contributed by atoms with E-state index >= 15 is 0 Å². The van der Waals surface area contributed by atoms with Crippen molar-refractivity contribution in [1.82, 2.24) is 10.3 Å². The molecule has 0 radical (unpaired) electrons. The highest BCUT2D eigenvalue weighted by atomic mass is 79.9. The molecule has 0 fully saturated rings. The minimum absolute atomic E-state index is 0.211. The Kier molecular flexibility index (Phi) is 4.46. The Morgan fingerprint density at radius 2 is 2.05 bits per heavy atom. The number of pyridine rings is 1. The lowest BCUT2D eigenvalue weighted by atomic mass is 10.2. The van der Waals surface area contributed by atoms with E-state index in [1.807, 2.05) is 12.1 Å². The standard InChI is InChI=1S/C13H11BrN2O3/c14-7-6-11(17)16-13(18)19-10-5-1-3-9-4-2-8-15-12(9)10/h1-5,8H,6-7H2,(H,16,17,18). The average Bonchev–Trinajstić information content (AvgIpc) is 2.39. The molecule has 1 heterocycles. The number of benzene rings is 1. The topological polar surface area (TPSA) is 68.3 Å². The zero-order valence-corrected chi connectivity index (χ0v) is 11.5. The number of fused-ring (bicyclic) bond motifs is 1. The van der Waals surface area contributed by atoms with Gasteiger partial charge < -0.3 is 4.74 Å². The summed E-state index contributed by atoms with van der Waals surface area (Å²) in [5, 5.41) is 3.48. The number of hydrogen-bond donors (Lipinski definition) is 1. The van der Waals surface area contributed by atoms with Crippen LogP contribution in [0.4, 0.5) is 4.79 Å². The highest BCUT2D eigenvalue weighted by molar-refractivity contribution is 9.09. The zero-order chi connectivity index (χ0) is 13.7. The molecule has 2 amide bonds. The molecule has 0 saturated carbocycles. The molecule has 0 aliphatic rings. The van der Waals surface area contributed by atoms with Crippen LogP contribution in [0.3, 0.4) is 0 Å². The molecular weight excluding hydrogens is 312 g/mol. The van der Waals surface area contributed by atoms with Crippen LogP contribution in [0.1, 0.15) is 6.42 Å². The van der Waals surface area contributed by atoms with Gasteiger partial charge in [0.1, 0.15) is 5.52 Å². The monoisotopic (exact) mass is 322 g/mol. The Balaban J connectivity index is 2.13. The maximum absolute atomic E-state index is 11.5. The van der Waals surface area contributed by atoms with Crippen LogP contribution in [0, 0.1) is 0 Å². The molecule has 1 aromatic carbocycles. The summed E-state index contributed by atoms with van der Waals surface area (Å²) in [4.78, 5) is 26.9. The van der Waals surface area contributed by atoms with Gasteiger partial charge in [0.15, 0.2) is 5.75 Å². The molecule has 0 aliphatic heterocycles. The van der Waals surface area contributed by atoms with Crippen LogP contribution in [0.25, 0.3) is 10.9 Å². The zero-order valence-electron chi connectivity index (χ0n) is 9.93. The van der Waals surface area contributed by atoms with Crippen LogP contribution in [-0.2, 0) is 4.79 Å². The van der Waals surface area contributed by atoms with Crippen LogP contribution < -0.4 is 10.1 Å². The first kappa shape index (κ1) is 13.5. The number of amides is 2. The molecule has 1 N–H and O–H groups in total. The van der Waals surface area contributed by atoms with E-state index in [-0.39, 0.29) is 6.42 Å². The molecule has 1 aromatic heterocycles. The fourth-order valence-corrected chi connectivity index (χ4v) is 1.91. The second-order valence-electron chi connectivity index (χ2n) is 3.71. The Labute approximate surface area is 118 Å². The third-order valence-electron chi connectivity index (χ3n) is 2.36. The van der Waals surface area contributed by atoms with Gasteiger partial charge in [-0.1, -0.05) is 34.1 Å². The van der Waals surface area contributed by atoms with Gasteiger partial charge in [0.25, 0.3) is 0 Å². The third-order valence-corrected chi connectivity index (χ3v) is 2.76. The highest BCUT2D eigenvalue weighted by Gasteiger charge is 2.11. The molecule has 98 valence electrons. The van der Waals surface area contributed by atoms with Crippen molar-refractivity contribution >= 4 is 38.8 Å². The van der Waals surface area contributed by atoms with Gasteiger partial charge in [-0.25, -0.2) is 4.79 Å². The lowest BCUT2D eigenvalue weighted by Gasteiger charge is -2.07. The van der Waals surface area contributed by atoms with Crippen molar-refractivity contribution in [2.45, 2.75) is 6.42 Å². The van der Waals surface area contributed by atoms with Crippen molar-refractivity contribution in [1.29, 1.82) is 0 Å². The van der Waals surface area contributed by atoms with Crippen LogP contribution in [0.15, 0.2) is 36.5 Å². The smallest absolute Gasteiger partial charge is 0.408 e. The van der Waals surface area contributed by atoms with E-state index < -0.39 is 12.0 Å². The number of carbonyl (C=O) groups is 2. The molecule has 0 spiro atoms. The molecular formula is C13H11BrN2O3. The van der Waals surface area contributed by atoms with Gasteiger partial charge in [-0.2, -0.15) is 0 Å². The minimum atomic E-state index is -0.802. The van der Waals surface area contributed by atoms with Gasteiger partial charge in [-0.15, -0.1) is 0 Å². The van der Waals surface area contributed by atoms with Crippen LogP contribution in [0.5, 0.6) is 5.75 Å². The number of hydrogen-bond acceptors (Lipinski definition) is 4. The molecule has 0 bridgehead atoms. The first-order valence-corrected chi connectivity index (χ1v) is 6.74. The number of ether oxygens (including phenoxy) is 1. The normalized spacial score (nSPS) is 10.2. The second-order valence-corrected chi connectivity index (χ2v) is 4.50. The number of rotatable bonds is 3. The summed E-state index contributed by atoms with van der Waals surface area (Å²) in [7, 11) is 0. The molecule has 6 heteroatoms. The highest BCUT2D eigenvalue weighted by Crippen LogP contribution is 2.22. The molecule has 2 rings (SSSR count). The van der Waals surface area contributed by atoms with Crippen molar-refractivity contribution in [3.63, 3.8) is 0 Å². The number of nitrogens with one attached hydrogen (secondary N) is 1. The summed E-state index contributed by atoms with van der Waals surface area (Å²) < 4.78 is 5.10. The third kappa shape index (κ3) is 3.51. The molecule has 5 nitrogen and oxygen atoms in total. The van der Waals surface area contributed by atoms with Crippen molar-refractivity contribution in [3.05, 3.63) is 36.5 Å². The maximum Gasteiger partial charge on any atom is 0.419 e. The summed E-state index contributed by atoms with van der Waals surface area (Å²) in [6.45, 7) is 0. The van der Waals surface area contributed by atoms with Gasteiger partial charge in [-0.3, -0.25) is 15.1 Å². The predicted molar refractivity (Wildman–Crippen MR) is 74.3 cm³/mol. The minimum Gasteiger partial charge on any atom is -0.408 e. The lowest BCUT2D eigenvalue weighted by molar-refractivity contribution is -0.119. The predicted octanol–water partition coefficient (Wildman–Crippen LogP) is 2.63. The van der Waals surface area contributed by atoms with Crippen LogP contribution >= 0.6 is 15.9 Å². The summed E-state index contributed by atoms with van der Waals surface area (Å²) in [6.07, 6.45) is 1.02. The number of nitrogens with zero attached hydrogens (tertiary/aromatic N) is 1. The Morgan fingerprint density at radius 1 is 1.26 bits per heavy atom. The van der Waals surface area contributed by atoms with E-state index in [0.29, 0.717) is 16.6 Å². The summed E-state index contributed by atoms with van der Waals surface area (Å²) in [6, 6.07) is 8.91. The van der Waals surface area contributed by atoms with Crippen molar-refractivity contribution in [2.75, 3.05) is 5.33 Å².